The summed E-state index contributed by atoms with van der Waals surface area (Å²) in [6.45, 7) is 2.07. The Hall–Kier alpha value is -1.94. The molecule has 4 heteroatoms. The molecule has 0 bridgehead atoms. The number of nitrogens with zero attached hydrogens (tertiary/aromatic N) is 2. The Balaban J connectivity index is 2.45. The highest BCUT2D eigenvalue weighted by Gasteiger charge is 2.18. The Morgan fingerprint density at radius 3 is 2.67 bits per heavy atom. The van der Waals surface area contributed by atoms with Crippen molar-refractivity contribution in [2.24, 2.45) is 0 Å². The molecule has 0 saturated carbocycles. The Morgan fingerprint density at radius 1 is 1.22 bits per heavy atom. The van der Waals surface area contributed by atoms with Crippen molar-refractivity contribution in [1.29, 1.82) is 0 Å². The van der Waals surface area contributed by atoms with E-state index in [4.69, 9.17) is 4.74 Å². The average Bonchev–Trinajstić information content (AvgIpc) is 2.40. The van der Waals surface area contributed by atoms with Gasteiger partial charge in [0.25, 0.3) is 0 Å². The van der Waals surface area contributed by atoms with Crippen LogP contribution in [0.5, 0.6) is 5.88 Å². The zero-order valence-electron chi connectivity index (χ0n) is 10.8. The molecule has 18 heavy (non-hydrogen) atoms. The maximum absolute atomic E-state index is 5.27. The third kappa shape index (κ3) is 2.49. The zero-order valence-corrected chi connectivity index (χ0v) is 10.8. The fraction of sp³-hybridized carbons (Fsp3) is 0.286. The highest BCUT2D eigenvalue weighted by atomic mass is 16.5. The number of benzene rings is 1. The van der Waals surface area contributed by atoms with Crippen molar-refractivity contribution in [2.75, 3.05) is 14.2 Å². The number of ether oxygens (including phenoxy) is 1. The summed E-state index contributed by atoms with van der Waals surface area (Å²) in [5.74, 6) is 0.554. The van der Waals surface area contributed by atoms with Gasteiger partial charge < -0.3 is 10.1 Å². The molecule has 1 N–H and O–H groups in total. The molecule has 2 rings (SSSR count). The van der Waals surface area contributed by atoms with Gasteiger partial charge in [-0.25, -0.2) is 4.98 Å². The van der Waals surface area contributed by atoms with Gasteiger partial charge in [-0.2, -0.15) is 0 Å². The Bertz CT molecular complexity index is 528. The van der Waals surface area contributed by atoms with Crippen LogP contribution in [0, 0.1) is 6.92 Å². The monoisotopic (exact) mass is 243 g/mol. The first-order valence-electron chi connectivity index (χ1n) is 5.85. The summed E-state index contributed by atoms with van der Waals surface area (Å²) in [6, 6.07) is 8.30. The van der Waals surface area contributed by atoms with Crippen molar-refractivity contribution in [3.63, 3.8) is 0 Å². The number of hydrogen-bond donors (Lipinski definition) is 1. The van der Waals surface area contributed by atoms with Crippen LogP contribution in [0.3, 0.4) is 0 Å². The lowest BCUT2D eigenvalue weighted by Crippen LogP contribution is -2.20. The van der Waals surface area contributed by atoms with E-state index in [0.717, 1.165) is 11.3 Å². The van der Waals surface area contributed by atoms with Crippen LogP contribution in [0.2, 0.25) is 0 Å². The fourth-order valence-electron chi connectivity index (χ4n) is 2.00. The van der Waals surface area contributed by atoms with Crippen molar-refractivity contribution in [3.05, 3.63) is 53.5 Å². The number of methoxy groups -OCH3 is 1. The molecular formula is C14H17N3O. The molecule has 0 spiro atoms. The summed E-state index contributed by atoms with van der Waals surface area (Å²) in [4.78, 5) is 8.57. The van der Waals surface area contributed by atoms with E-state index in [1.54, 1.807) is 19.5 Å². The number of nitrogens with one attached hydrogen (secondary N) is 1. The summed E-state index contributed by atoms with van der Waals surface area (Å²) in [6.07, 6.45) is 3.31. The zero-order chi connectivity index (χ0) is 13.0. The van der Waals surface area contributed by atoms with E-state index in [9.17, 15) is 0 Å². The van der Waals surface area contributed by atoms with E-state index >= 15 is 0 Å². The molecule has 0 aliphatic heterocycles. The Labute approximate surface area is 107 Å². The van der Waals surface area contributed by atoms with Gasteiger partial charge >= 0.3 is 0 Å². The lowest BCUT2D eigenvalue weighted by atomic mass is 10.0. The predicted molar refractivity (Wildman–Crippen MR) is 70.7 cm³/mol. The smallest absolute Gasteiger partial charge is 0.237 e. The summed E-state index contributed by atoms with van der Waals surface area (Å²) < 4.78 is 5.27. The molecule has 2 aromatic rings. The van der Waals surface area contributed by atoms with E-state index in [-0.39, 0.29) is 6.04 Å². The van der Waals surface area contributed by atoms with Gasteiger partial charge in [0.15, 0.2) is 0 Å². The molecule has 0 aliphatic carbocycles. The second-order valence-electron chi connectivity index (χ2n) is 4.09. The Morgan fingerprint density at radius 2 is 2.00 bits per heavy atom. The molecular weight excluding hydrogens is 226 g/mol. The molecule has 1 heterocycles. The van der Waals surface area contributed by atoms with Gasteiger partial charge in [0.05, 0.1) is 13.2 Å². The van der Waals surface area contributed by atoms with Crippen molar-refractivity contribution < 1.29 is 4.74 Å². The fourth-order valence-corrected chi connectivity index (χ4v) is 2.00. The van der Waals surface area contributed by atoms with Crippen LogP contribution in [-0.2, 0) is 0 Å². The van der Waals surface area contributed by atoms with Crippen molar-refractivity contribution >= 4 is 0 Å². The number of aromatic nitrogens is 2. The van der Waals surface area contributed by atoms with Gasteiger partial charge in [-0.1, -0.05) is 29.8 Å². The largest absolute Gasteiger partial charge is 0.480 e. The first-order chi connectivity index (χ1) is 8.76. The molecule has 4 nitrogen and oxygen atoms in total. The quantitative estimate of drug-likeness (QED) is 0.893. The number of rotatable bonds is 4. The van der Waals surface area contributed by atoms with E-state index in [2.05, 4.69) is 40.4 Å². The molecule has 0 saturated heterocycles. The van der Waals surface area contributed by atoms with Crippen molar-refractivity contribution in [3.8, 4) is 5.88 Å². The molecule has 94 valence electrons. The van der Waals surface area contributed by atoms with Crippen LogP contribution in [0.1, 0.15) is 22.9 Å². The molecule has 0 amide bonds. The minimum absolute atomic E-state index is 0.0199. The summed E-state index contributed by atoms with van der Waals surface area (Å²) >= 11 is 0. The first-order valence-corrected chi connectivity index (χ1v) is 5.85. The normalized spacial score (nSPS) is 12.2. The number of aryl methyl sites for hydroxylation is 1. The van der Waals surface area contributed by atoms with E-state index < -0.39 is 0 Å². The van der Waals surface area contributed by atoms with Crippen LogP contribution in [0.15, 0.2) is 36.7 Å². The van der Waals surface area contributed by atoms with Gasteiger partial charge in [0.2, 0.25) is 5.88 Å². The van der Waals surface area contributed by atoms with Gasteiger partial charge in [-0.3, -0.25) is 4.98 Å². The van der Waals surface area contributed by atoms with Gasteiger partial charge in [0.1, 0.15) is 5.69 Å². The van der Waals surface area contributed by atoms with Crippen LogP contribution in [-0.4, -0.2) is 24.1 Å². The van der Waals surface area contributed by atoms with Crippen LogP contribution >= 0.6 is 0 Å². The molecule has 1 unspecified atom stereocenters. The Kier molecular flexibility index (Phi) is 3.89. The topological polar surface area (TPSA) is 47.0 Å². The molecule has 1 atom stereocenters. The predicted octanol–water partition coefficient (Wildman–Crippen LogP) is 2.10. The minimum Gasteiger partial charge on any atom is -0.480 e. The number of hydrogen-bond acceptors (Lipinski definition) is 4. The van der Waals surface area contributed by atoms with E-state index in [0.29, 0.717) is 5.88 Å². The third-order valence-corrected chi connectivity index (χ3v) is 2.82. The minimum atomic E-state index is -0.0199. The summed E-state index contributed by atoms with van der Waals surface area (Å²) in [5.41, 5.74) is 3.17. The SMILES string of the molecule is CNC(c1cccc(C)c1)c1nccnc1OC. The second-order valence-corrected chi connectivity index (χ2v) is 4.09. The van der Waals surface area contributed by atoms with Gasteiger partial charge in [-0.15, -0.1) is 0 Å². The molecule has 0 aliphatic rings. The second kappa shape index (κ2) is 5.60. The molecule has 0 radical (unpaired) electrons. The third-order valence-electron chi connectivity index (χ3n) is 2.82. The van der Waals surface area contributed by atoms with Crippen LogP contribution in [0.4, 0.5) is 0 Å². The maximum atomic E-state index is 5.27. The lowest BCUT2D eigenvalue weighted by Gasteiger charge is -2.18. The molecule has 0 fully saturated rings. The van der Waals surface area contributed by atoms with Crippen molar-refractivity contribution in [1.82, 2.24) is 15.3 Å². The lowest BCUT2D eigenvalue weighted by molar-refractivity contribution is 0.384. The standard InChI is InChI=1S/C14H17N3O/c1-10-5-4-6-11(9-10)12(15-2)13-14(18-3)17-8-7-16-13/h4-9,12,15H,1-3H3. The molecule has 1 aromatic heterocycles. The summed E-state index contributed by atoms with van der Waals surface area (Å²) in [7, 11) is 3.51. The van der Waals surface area contributed by atoms with E-state index in [1.165, 1.54) is 5.56 Å². The average molecular weight is 243 g/mol. The van der Waals surface area contributed by atoms with Crippen LogP contribution in [0.25, 0.3) is 0 Å². The summed E-state index contributed by atoms with van der Waals surface area (Å²) in [5, 5.41) is 3.25. The van der Waals surface area contributed by atoms with Gasteiger partial charge in [0, 0.05) is 12.4 Å². The highest BCUT2D eigenvalue weighted by Crippen LogP contribution is 2.26. The molecule has 1 aromatic carbocycles. The van der Waals surface area contributed by atoms with Crippen molar-refractivity contribution in [2.45, 2.75) is 13.0 Å². The van der Waals surface area contributed by atoms with E-state index in [1.807, 2.05) is 13.1 Å². The van der Waals surface area contributed by atoms with Crippen LogP contribution < -0.4 is 10.1 Å². The highest BCUT2D eigenvalue weighted by molar-refractivity contribution is 5.34. The van der Waals surface area contributed by atoms with Gasteiger partial charge in [-0.05, 0) is 19.5 Å². The first kappa shape index (κ1) is 12.5. The maximum Gasteiger partial charge on any atom is 0.237 e.